The number of benzene rings is 1. The van der Waals surface area contributed by atoms with Crippen LogP contribution in [-0.2, 0) is 20.6 Å². The highest BCUT2D eigenvalue weighted by Crippen LogP contribution is 2.24. The first-order valence-electron chi connectivity index (χ1n) is 6.23. The van der Waals surface area contributed by atoms with Crippen LogP contribution in [0.4, 0.5) is 0 Å². The first-order valence-corrected chi connectivity index (χ1v) is 7.84. The molecule has 2 atom stereocenters. The Kier molecular flexibility index (Phi) is 4.27. The van der Waals surface area contributed by atoms with E-state index in [9.17, 15) is 18.3 Å². The Morgan fingerprint density at radius 3 is 2.81 bits per heavy atom. The summed E-state index contributed by atoms with van der Waals surface area (Å²) in [6, 6.07) is 6.79. The molecule has 1 fully saturated rings. The fourth-order valence-electron chi connectivity index (χ4n) is 2.34. The summed E-state index contributed by atoms with van der Waals surface area (Å²) in [4.78, 5) is 11.1. The molecule has 21 heavy (non-hydrogen) atoms. The minimum Gasteiger partial charge on any atom is -0.480 e. The number of hydrogen-bond donors (Lipinski definition) is 2. The van der Waals surface area contributed by atoms with E-state index < -0.39 is 33.9 Å². The lowest BCUT2D eigenvalue weighted by Crippen LogP contribution is -2.41. The first-order chi connectivity index (χ1) is 9.83. The van der Waals surface area contributed by atoms with Gasteiger partial charge >= 0.3 is 5.97 Å². The molecule has 7 nitrogen and oxygen atoms in total. The maximum absolute atomic E-state index is 12.3. The lowest BCUT2D eigenvalue weighted by atomic mass is 10.2. The highest BCUT2D eigenvalue weighted by atomic mass is 32.2. The Morgan fingerprint density at radius 1 is 1.48 bits per heavy atom. The molecule has 1 aliphatic rings. The Morgan fingerprint density at radius 2 is 2.19 bits per heavy atom. The van der Waals surface area contributed by atoms with Crippen LogP contribution in [0.3, 0.4) is 0 Å². The van der Waals surface area contributed by atoms with Crippen molar-refractivity contribution < 1.29 is 23.4 Å². The van der Waals surface area contributed by atoms with Crippen LogP contribution in [0.25, 0.3) is 0 Å². The van der Waals surface area contributed by atoms with Crippen molar-refractivity contribution >= 4 is 16.0 Å². The van der Waals surface area contributed by atoms with E-state index in [0.717, 1.165) is 4.31 Å². The van der Waals surface area contributed by atoms with Crippen LogP contribution < -0.4 is 0 Å². The minimum absolute atomic E-state index is 0.118. The van der Waals surface area contributed by atoms with Gasteiger partial charge < -0.3 is 10.2 Å². The summed E-state index contributed by atoms with van der Waals surface area (Å²) in [7, 11) is -3.88. The maximum Gasteiger partial charge on any atom is 0.322 e. The molecule has 1 unspecified atom stereocenters. The largest absolute Gasteiger partial charge is 0.480 e. The summed E-state index contributed by atoms with van der Waals surface area (Å²) >= 11 is 0. The number of hydrogen-bond acceptors (Lipinski definition) is 5. The van der Waals surface area contributed by atoms with Crippen molar-refractivity contribution in [2.24, 2.45) is 0 Å². The molecule has 1 aromatic rings. The molecule has 0 radical (unpaired) electrons. The zero-order valence-electron chi connectivity index (χ0n) is 11.0. The van der Waals surface area contributed by atoms with Crippen molar-refractivity contribution in [3.8, 4) is 6.07 Å². The number of nitriles is 1. The lowest BCUT2D eigenvalue weighted by molar-refractivity contribution is -0.140. The van der Waals surface area contributed by atoms with Crippen LogP contribution in [0.1, 0.15) is 17.5 Å². The number of carbonyl (C=O) groups is 1. The number of rotatable bonds is 4. The van der Waals surface area contributed by atoms with Crippen molar-refractivity contribution in [1.82, 2.24) is 4.31 Å². The van der Waals surface area contributed by atoms with Crippen molar-refractivity contribution in [2.75, 3.05) is 6.54 Å². The van der Waals surface area contributed by atoms with Crippen LogP contribution in [-0.4, -0.2) is 47.6 Å². The fourth-order valence-corrected chi connectivity index (χ4v) is 4.07. The molecule has 2 N–H and O–H groups in total. The van der Waals surface area contributed by atoms with Gasteiger partial charge in [-0.25, -0.2) is 8.42 Å². The molecule has 2 rings (SSSR count). The van der Waals surface area contributed by atoms with Gasteiger partial charge in [0.2, 0.25) is 10.0 Å². The van der Waals surface area contributed by atoms with Gasteiger partial charge in [-0.1, -0.05) is 12.1 Å². The molecule has 0 aromatic heterocycles. The number of aliphatic hydroxyl groups excluding tert-OH is 1. The zero-order chi connectivity index (χ0) is 15.6. The van der Waals surface area contributed by atoms with Crippen LogP contribution >= 0.6 is 0 Å². The maximum atomic E-state index is 12.3. The van der Waals surface area contributed by atoms with Crippen molar-refractivity contribution in [1.29, 1.82) is 5.26 Å². The number of aliphatic hydroxyl groups is 1. The number of sulfonamides is 1. The van der Waals surface area contributed by atoms with Gasteiger partial charge in [0.05, 0.1) is 23.5 Å². The monoisotopic (exact) mass is 310 g/mol. The molecule has 0 aliphatic carbocycles. The Bertz CT molecular complexity index is 695. The molecule has 112 valence electrons. The molecule has 0 saturated carbocycles. The van der Waals surface area contributed by atoms with Crippen molar-refractivity contribution in [3.05, 3.63) is 35.4 Å². The van der Waals surface area contributed by atoms with Gasteiger partial charge in [-0.3, -0.25) is 4.79 Å². The molecule has 1 saturated heterocycles. The van der Waals surface area contributed by atoms with E-state index in [2.05, 4.69) is 0 Å². The first kappa shape index (κ1) is 15.4. The minimum atomic E-state index is -3.88. The Labute approximate surface area is 122 Å². The molecular weight excluding hydrogens is 296 g/mol. The summed E-state index contributed by atoms with van der Waals surface area (Å²) in [5.74, 6) is -1.68. The van der Waals surface area contributed by atoms with E-state index in [4.69, 9.17) is 10.4 Å². The lowest BCUT2D eigenvalue weighted by Gasteiger charge is -2.20. The van der Waals surface area contributed by atoms with Crippen LogP contribution in [0.15, 0.2) is 24.3 Å². The summed E-state index contributed by atoms with van der Waals surface area (Å²) in [5.41, 5.74) is 0.735. The van der Waals surface area contributed by atoms with E-state index in [1.165, 1.54) is 6.07 Å². The smallest absolute Gasteiger partial charge is 0.322 e. The molecular formula is C13H14N2O5S. The predicted molar refractivity (Wildman–Crippen MR) is 72.5 cm³/mol. The molecule has 0 bridgehead atoms. The van der Waals surface area contributed by atoms with Gasteiger partial charge in [-0.05, 0) is 17.7 Å². The van der Waals surface area contributed by atoms with E-state index in [-0.39, 0.29) is 13.0 Å². The molecule has 0 amide bonds. The SMILES string of the molecule is N#Cc1cccc(CS(=O)(=O)N2CC(O)C[C@H]2C(=O)O)c1. The summed E-state index contributed by atoms with van der Waals surface area (Å²) in [6.07, 6.45) is -1.10. The third-order valence-electron chi connectivity index (χ3n) is 3.28. The zero-order valence-corrected chi connectivity index (χ0v) is 11.8. The van der Waals surface area contributed by atoms with Crippen molar-refractivity contribution in [2.45, 2.75) is 24.3 Å². The number of nitrogens with zero attached hydrogens (tertiary/aromatic N) is 2. The van der Waals surface area contributed by atoms with Gasteiger partial charge in [-0.15, -0.1) is 0 Å². The Balaban J connectivity index is 2.25. The van der Waals surface area contributed by atoms with Crippen LogP contribution in [0.2, 0.25) is 0 Å². The number of aliphatic carboxylic acids is 1. The van der Waals surface area contributed by atoms with Gasteiger partial charge in [0.25, 0.3) is 0 Å². The summed E-state index contributed by atoms with van der Waals surface area (Å²) < 4.78 is 25.5. The molecule has 8 heteroatoms. The van der Waals surface area contributed by atoms with Crippen LogP contribution in [0, 0.1) is 11.3 Å². The van der Waals surface area contributed by atoms with E-state index in [1.54, 1.807) is 18.2 Å². The predicted octanol–water partition coefficient (Wildman–Crippen LogP) is -0.0921. The number of carboxylic acids is 1. The fraction of sp³-hybridized carbons (Fsp3) is 0.385. The highest BCUT2D eigenvalue weighted by molar-refractivity contribution is 7.88. The topological polar surface area (TPSA) is 119 Å². The Hall–Kier alpha value is -1.95. The molecule has 1 heterocycles. The molecule has 1 aromatic carbocycles. The summed E-state index contributed by atoms with van der Waals surface area (Å²) in [6.45, 7) is -0.225. The molecule has 0 spiro atoms. The average Bonchev–Trinajstić information content (AvgIpc) is 2.82. The summed E-state index contributed by atoms with van der Waals surface area (Å²) in [5, 5.41) is 27.4. The van der Waals surface area contributed by atoms with Gasteiger partial charge in [0.1, 0.15) is 6.04 Å². The van der Waals surface area contributed by atoms with E-state index in [1.807, 2.05) is 6.07 Å². The highest BCUT2D eigenvalue weighted by Gasteiger charge is 2.42. The third kappa shape index (κ3) is 3.39. The second-order valence-corrected chi connectivity index (χ2v) is 6.80. The van der Waals surface area contributed by atoms with Gasteiger partial charge in [0, 0.05) is 13.0 Å². The van der Waals surface area contributed by atoms with Gasteiger partial charge in [-0.2, -0.15) is 9.57 Å². The normalized spacial score (nSPS) is 22.9. The van der Waals surface area contributed by atoms with Gasteiger partial charge in [0.15, 0.2) is 0 Å². The quantitative estimate of drug-likeness (QED) is 0.802. The molecule has 1 aliphatic heterocycles. The second kappa shape index (κ2) is 5.81. The van der Waals surface area contributed by atoms with E-state index >= 15 is 0 Å². The van der Waals surface area contributed by atoms with Crippen LogP contribution in [0.5, 0.6) is 0 Å². The van der Waals surface area contributed by atoms with Crippen molar-refractivity contribution in [3.63, 3.8) is 0 Å². The average molecular weight is 310 g/mol. The second-order valence-electron chi connectivity index (χ2n) is 4.88. The van der Waals surface area contributed by atoms with E-state index in [0.29, 0.717) is 11.1 Å². The third-order valence-corrected chi connectivity index (χ3v) is 5.10. The standard InChI is InChI=1S/C13H14N2O5S/c14-6-9-2-1-3-10(4-9)8-21(19,20)15-7-11(16)5-12(15)13(17)18/h1-4,11-12,16H,5,7-8H2,(H,17,18)/t11?,12-/m0/s1. The number of carboxylic acid groups (broad SMARTS) is 1. The number of β-amino-alcohol motifs (C(OH)–C–C–N with tert-alkyl or cyclic N) is 1.